The van der Waals surface area contributed by atoms with E-state index in [1.54, 1.807) is 6.26 Å². The minimum Gasteiger partial charge on any atom is -0.475 e. The highest BCUT2D eigenvalue weighted by Gasteiger charge is 2.40. The monoisotopic (exact) mass is 246 g/mol. The second-order valence-corrected chi connectivity index (χ2v) is 6.37. The predicted octanol–water partition coefficient (Wildman–Crippen LogP) is 3.74. The van der Waals surface area contributed by atoms with E-state index >= 15 is 0 Å². The molecule has 1 atom stereocenters. The summed E-state index contributed by atoms with van der Waals surface area (Å²) in [6, 6.07) is 0. The Morgan fingerprint density at radius 1 is 1.50 bits per heavy atom. The van der Waals surface area contributed by atoms with E-state index < -0.39 is 5.97 Å². The summed E-state index contributed by atoms with van der Waals surface area (Å²) >= 11 is 0. The standard InChI is InChI=1S/C15H18O3/c1-8-11-6-15(2,3)5-9(11)4-10-7-18-13(12(8)10)14(16)17/h7,9H,4-6H2,1-3H3,(H,16,17). The van der Waals surface area contributed by atoms with E-state index in [-0.39, 0.29) is 5.76 Å². The number of carbonyl (C=O) groups is 1. The van der Waals surface area contributed by atoms with E-state index in [1.165, 1.54) is 12.0 Å². The Hall–Kier alpha value is -1.51. The van der Waals surface area contributed by atoms with Gasteiger partial charge in [-0.15, -0.1) is 0 Å². The number of carboxylic acid groups (broad SMARTS) is 1. The maximum atomic E-state index is 11.2. The zero-order valence-corrected chi connectivity index (χ0v) is 11.0. The van der Waals surface area contributed by atoms with Gasteiger partial charge in [0.05, 0.1) is 6.26 Å². The van der Waals surface area contributed by atoms with Crippen LogP contribution >= 0.6 is 0 Å². The quantitative estimate of drug-likeness (QED) is 0.821. The van der Waals surface area contributed by atoms with E-state index in [1.807, 2.05) is 6.92 Å². The molecule has 0 bridgehead atoms. The SMILES string of the molecule is CC1=C2CC(C)(C)CC2Cc2coc(C(=O)O)c21. The predicted molar refractivity (Wildman–Crippen MR) is 68.5 cm³/mol. The van der Waals surface area contributed by atoms with Gasteiger partial charge in [0.2, 0.25) is 5.76 Å². The van der Waals surface area contributed by atoms with Gasteiger partial charge in [0, 0.05) is 5.56 Å². The van der Waals surface area contributed by atoms with Crippen LogP contribution in [0, 0.1) is 11.3 Å². The molecule has 0 aromatic carbocycles. The Balaban J connectivity index is 2.13. The van der Waals surface area contributed by atoms with E-state index in [0.717, 1.165) is 29.5 Å². The molecule has 0 spiro atoms. The number of hydrogen-bond acceptors (Lipinski definition) is 2. The highest BCUT2D eigenvalue weighted by molar-refractivity contribution is 5.93. The molecule has 0 saturated heterocycles. The lowest BCUT2D eigenvalue weighted by molar-refractivity contribution is 0.0662. The first kappa shape index (κ1) is 11.6. The number of aromatic carboxylic acids is 1. The highest BCUT2D eigenvalue weighted by atomic mass is 16.4. The third-order valence-corrected chi connectivity index (χ3v) is 4.35. The number of allylic oxidation sites excluding steroid dienone is 2. The van der Waals surface area contributed by atoms with Gasteiger partial charge in [0.25, 0.3) is 0 Å². The summed E-state index contributed by atoms with van der Waals surface area (Å²) in [5.41, 5.74) is 4.82. The lowest BCUT2D eigenvalue weighted by atomic mass is 9.82. The fourth-order valence-electron chi connectivity index (χ4n) is 3.69. The molecule has 96 valence electrons. The summed E-state index contributed by atoms with van der Waals surface area (Å²) < 4.78 is 5.23. The largest absolute Gasteiger partial charge is 0.475 e. The van der Waals surface area contributed by atoms with E-state index in [9.17, 15) is 9.90 Å². The Labute approximate surface area is 106 Å². The Bertz CT molecular complexity index is 560. The van der Waals surface area contributed by atoms with E-state index in [4.69, 9.17) is 4.42 Å². The molecule has 1 aromatic heterocycles. The van der Waals surface area contributed by atoms with Crippen molar-refractivity contribution in [3.8, 4) is 0 Å². The molecule has 1 saturated carbocycles. The van der Waals surface area contributed by atoms with Crippen LogP contribution in [-0.2, 0) is 6.42 Å². The summed E-state index contributed by atoms with van der Waals surface area (Å²) in [5.74, 6) is -0.281. The van der Waals surface area contributed by atoms with E-state index in [0.29, 0.717) is 11.3 Å². The van der Waals surface area contributed by atoms with Crippen LogP contribution in [0.25, 0.3) is 5.57 Å². The molecule has 0 amide bonds. The molecule has 18 heavy (non-hydrogen) atoms. The maximum absolute atomic E-state index is 11.2. The fourth-order valence-corrected chi connectivity index (χ4v) is 3.69. The minimum atomic E-state index is -0.966. The molecule has 2 aliphatic carbocycles. The third kappa shape index (κ3) is 1.53. The van der Waals surface area contributed by atoms with Gasteiger partial charge in [-0.05, 0) is 48.7 Å². The van der Waals surface area contributed by atoms with Crippen molar-refractivity contribution >= 4 is 11.5 Å². The fraction of sp³-hybridized carbons (Fsp3) is 0.533. The summed E-state index contributed by atoms with van der Waals surface area (Å²) in [5, 5.41) is 9.17. The molecule has 3 nitrogen and oxygen atoms in total. The van der Waals surface area contributed by atoms with Gasteiger partial charge in [-0.3, -0.25) is 0 Å². The van der Waals surface area contributed by atoms with Crippen LogP contribution in [0.5, 0.6) is 0 Å². The Morgan fingerprint density at radius 3 is 2.89 bits per heavy atom. The summed E-state index contributed by atoms with van der Waals surface area (Å²) in [6.45, 7) is 6.63. The van der Waals surface area contributed by atoms with Crippen molar-refractivity contribution in [1.82, 2.24) is 0 Å². The first-order valence-electron chi connectivity index (χ1n) is 6.43. The average molecular weight is 246 g/mol. The van der Waals surface area contributed by atoms with Gasteiger partial charge in [0.15, 0.2) is 0 Å². The molecule has 1 unspecified atom stereocenters. The lowest BCUT2D eigenvalue weighted by Crippen LogP contribution is -2.12. The lowest BCUT2D eigenvalue weighted by Gasteiger charge is -2.21. The Morgan fingerprint density at radius 2 is 2.22 bits per heavy atom. The van der Waals surface area contributed by atoms with Crippen LogP contribution in [0.15, 0.2) is 16.3 Å². The molecule has 0 radical (unpaired) electrons. The molecule has 1 heterocycles. The molecule has 1 aromatic rings. The second-order valence-electron chi connectivity index (χ2n) is 6.37. The number of rotatable bonds is 1. The molecular weight excluding hydrogens is 228 g/mol. The van der Waals surface area contributed by atoms with Crippen molar-refractivity contribution in [2.75, 3.05) is 0 Å². The molecule has 2 aliphatic rings. The van der Waals surface area contributed by atoms with Crippen molar-refractivity contribution < 1.29 is 14.3 Å². The van der Waals surface area contributed by atoms with Crippen LogP contribution in [0.4, 0.5) is 0 Å². The molecule has 1 N–H and O–H groups in total. The zero-order chi connectivity index (χ0) is 13.1. The molecule has 3 rings (SSSR count). The zero-order valence-electron chi connectivity index (χ0n) is 11.0. The summed E-state index contributed by atoms with van der Waals surface area (Å²) in [6.07, 6.45) is 4.83. The van der Waals surface area contributed by atoms with Gasteiger partial charge in [-0.1, -0.05) is 19.4 Å². The van der Waals surface area contributed by atoms with Crippen LogP contribution in [0.2, 0.25) is 0 Å². The first-order chi connectivity index (χ1) is 8.39. The topological polar surface area (TPSA) is 50.4 Å². The molecule has 0 aliphatic heterocycles. The van der Waals surface area contributed by atoms with Gasteiger partial charge < -0.3 is 9.52 Å². The van der Waals surface area contributed by atoms with E-state index in [2.05, 4.69) is 13.8 Å². The molecular formula is C15H18O3. The van der Waals surface area contributed by atoms with Gasteiger partial charge in [0.1, 0.15) is 0 Å². The van der Waals surface area contributed by atoms with Crippen molar-refractivity contribution in [3.63, 3.8) is 0 Å². The van der Waals surface area contributed by atoms with Crippen LogP contribution < -0.4 is 0 Å². The van der Waals surface area contributed by atoms with Crippen LogP contribution in [0.3, 0.4) is 0 Å². The highest BCUT2D eigenvalue weighted by Crippen LogP contribution is 2.52. The number of hydrogen-bond donors (Lipinski definition) is 1. The van der Waals surface area contributed by atoms with Crippen molar-refractivity contribution in [2.24, 2.45) is 11.3 Å². The second kappa shape index (κ2) is 3.50. The smallest absolute Gasteiger partial charge is 0.372 e. The summed E-state index contributed by atoms with van der Waals surface area (Å²) in [7, 11) is 0. The van der Waals surface area contributed by atoms with Crippen molar-refractivity contribution in [3.05, 3.63) is 28.7 Å². The van der Waals surface area contributed by atoms with Crippen LogP contribution in [-0.4, -0.2) is 11.1 Å². The average Bonchev–Trinajstić information content (AvgIpc) is 2.78. The number of carboxylic acids is 1. The third-order valence-electron chi connectivity index (χ3n) is 4.35. The number of fused-ring (bicyclic) bond motifs is 2. The van der Waals surface area contributed by atoms with Gasteiger partial charge >= 0.3 is 5.97 Å². The molecule has 3 heteroatoms. The van der Waals surface area contributed by atoms with Gasteiger partial charge in [-0.25, -0.2) is 4.79 Å². The maximum Gasteiger partial charge on any atom is 0.372 e. The normalized spacial score (nSPS) is 24.9. The van der Waals surface area contributed by atoms with Crippen molar-refractivity contribution in [1.29, 1.82) is 0 Å². The first-order valence-corrected chi connectivity index (χ1v) is 6.43. The summed E-state index contributed by atoms with van der Waals surface area (Å²) in [4.78, 5) is 11.2. The van der Waals surface area contributed by atoms with Crippen molar-refractivity contribution in [2.45, 2.75) is 40.0 Å². The number of furan rings is 1. The molecule has 1 fully saturated rings. The minimum absolute atomic E-state index is 0.109. The van der Waals surface area contributed by atoms with Gasteiger partial charge in [-0.2, -0.15) is 0 Å². The van der Waals surface area contributed by atoms with Crippen LogP contribution in [0.1, 0.15) is 55.3 Å². The Kier molecular flexibility index (Phi) is 2.25.